The van der Waals surface area contributed by atoms with E-state index in [1.54, 1.807) is 31.0 Å². The van der Waals surface area contributed by atoms with Crippen LogP contribution in [0.2, 0.25) is 0 Å². The van der Waals surface area contributed by atoms with E-state index in [-0.39, 0.29) is 18.6 Å². The molecule has 128 valence electrons. The lowest BCUT2D eigenvalue weighted by atomic mass is 10.1. The summed E-state index contributed by atoms with van der Waals surface area (Å²) < 4.78 is 7.43. The standard InChI is InChI=1S/C16H20N4O4/c1-9-15(24-11-4-3-10(5-11)16(22)23)17-7-13(19-9)12-6-18-20(2)14(12)8-21/h6-7,10-11,21H,3-5,8H2,1-2H3,(H,22,23). The first-order chi connectivity index (χ1) is 11.5. The van der Waals surface area contributed by atoms with Gasteiger partial charge in [0.25, 0.3) is 0 Å². The minimum atomic E-state index is -0.771. The van der Waals surface area contributed by atoms with Gasteiger partial charge in [-0.25, -0.2) is 9.97 Å². The second kappa shape index (κ2) is 6.56. The van der Waals surface area contributed by atoms with Crippen LogP contribution in [0.3, 0.4) is 0 Å². The number of aliphatic hydroxyl groups excluding tert-OH is 1. The molecule has 0 bridgehead atoms. The largest absolute Gasteiger partial charge is 0.481 e. The maximum atomic E-state index is 11.0. The number of carboxylic acid groups (broad SMARTS) is 1. The summed E-state index contributed by atoms with van der Waals surface area (Å²) in [6.45, 7) is 1.66. The van der Waals surface area contributed by atoms with Gasteiger partial charge in [0, 0.05) is 12.6 Å². The van der Waals surface area contributed by atoms with Crippen molar-refractivity contribution in [3.05, 3.63) is 23.8 Å². The molecule has 1 fully saturated rings. The number of ether oxygens (including phenoxy) is 1. The lowest BCUT2D eigenvalue weighted by Crippen LogP contribution is -2.17. The Balaban J connectivity index is 1.77. The van der Waals surface area contributed by atoms with Crippen molar-refractivity contribution in [2.24, 2.45) is 13.0 Å². The Kier molecular flexibility index (Phi) is 4.48. The fourth-order valence-corrected chi connectivity index (χ4v) is 3.01. The lowest BCUT2D eigenvalue weighted by molar-refractivity contribution is -0.141. The third-order valence-corrected chi connectivity index (χ3v) is 4.40. The predicted octanol–water partition coefficient (Wildman–Crippen LogP) is 1.31. The van der Waals surface area contributed by atoms with Crippen molar-refractivity contribution >= 4 is 5.97 Å². The van der Waals surface area contributed by atoms with Crippen molar-refractivity contribution in [2.45, 2.75) is 38.9 Å². The molecule has 1 aliphatic rings. The number of carboxylic acids is 1. The monoisotopic (exact) mass is 332 g/mol. The Morgan fingerprint density at radius 3 is 2.83 bits per heavy atom. The predicted molar refractivity (Wildman–Crippen MR) is 84.3 cm³/mol. The van der Waals surface area contributed by atoms with Gasteiger partial charge in [0.1, 0.15) is 11.8 Å². The van der Waals surface area contributed by atoms with Crippen molar-refractivity contribution in [2.75, 3.05) is 0 Å². The summed E-state index contributed by atoms with van der Waals surface area (Å²) in [6, 6.07) is 0. The second-order valence-electron chi connectivity index (χ2n) is 6.02. The van der Waals surface area contributed by atoms with Crippen LogP contribution < -0.4 is 4.74 Å². The number of aromatic nitrogens is 4. The van der Waals surface area contributed by atoms with Crippen LogP contribution in [-0.4, -0.2) is 42.0 Å². The van der Waals surface area contributed by atoms with Gasteiger partial charge in [-0.05, 0) is 26.2 Å². The first-order valence-corrected chi connectivity index (χ1v) is 7.84. The van der Waals surface area contributed by atoms with E-state index in [0.29, 0.717) is 42.2 Å². The Bertz CT molecular complexity index is 759. The van der Waals surface area contributed by atoms with Crippen molar-refractivity contribution in [3.63, 3.8) is 0 Å². The summed E-state index contributed by atoms with van der Waals surface area (Å²) in [5, 5.41) is 22.6. The van der Waals surface area contributed by atoms with E-state index in [9.17, 15) is 9.90 Å². The lowest BCUT2D eigenvalue weighted by Gasteiger charge is -2.14. The minimum absolute atomic E-state index is 0.135. The molecular weight excluding hydrogens is 312 g/mol. The van der Waals surface area contributed by atoms with Crippen LogP contribution in [0, 0.1) is 12.8 Å². The van der Waals surface area contributed by atoms with Crippen LogP contribution in [0.15, 0.2) is 12.4 Å². The fraction of sp³-hybridized carbons (Fsp3) is 0.500. The maximum absolute atomic E-state index is 11.0. The van der Waals surface area contributed by atoms with Crippen LogP contribution in [0.4, 0.5) is 0 Å². The average Bonchev–Trinajstić information content (AvgIpc) is 3.16. The van der Waals surface area contributed by atoms with Gasteiger partial charge in [-0.15, -0.1) is 0 Å². The SMILES string of the molecule is Cc1nc(-c2cnn(C)c2CO)cnc1OC1CCC(C(=O)O)C1. The van der Waals surface area contributed by atoms with Crippen molar-refractivity contribution in [3.8, 4) is 17.1 Å². The highest BCUT2D eigenvalue weighted by Crippen LogP contribution is 2.30. The van der Waals surface area contributed by atoms with E-state index in [1.165, 1.54) is 0 Å². The maximum Gasteiger partial charge on any atom is 0.306 e. The molecule has 3 rings (SSSR count). The highest BCUT2D eigenvalue weighted by molar-refractivity contribution is 5.70. The van der Waals surface area contributed by atoms with Gasteiger partial charge in [0.15, 0.2) is 0 Å². The molecule has 8 heteroatoms. The van der Waals surface area contributed by atoms with Gasteiger partial charge >= 0.3 is 5.97 Å². The smallest absolute Gasteiger partial charge is 0.306 e. The van der Waals surface area contributed by atoms with Crippen LogP contribution in [0.1, 0.15) is 30.7 Å². The summed E-state index contributed by atoms with van der Waals surface area (Å²) in [7, 11) is 1.76. The molecule has 0 aromatic carbocycles. The summed E-state index contributed by atoms with van der Waals surface area (Å²) in [4.78, 5) is 19.8. The first-order valence-electron chi connectivity index (χ1n) is 7.84. The molecule has 24 heavy (non-hydrogen) atoms. The quantitative estimate of drug-likeness (QED) is 0.849. The first kappa shape index (κ1) is 16.4. The molecule has 2 unspecified atom stereocenters. The van der Waals surface area contributed by atoms with Crippen LogP contribution in [0.5, 0.6) is 5.88 Å². The van der Waals surface area contributed by atoms with Gasteiger partial charge < -0.3 is 14.9 Å². The summed E-state index contributed by atoms with van der Waals surface area (Å²) in [5.41, 5.74) is 2.64. The fourth-order valence-electron chi connectivity index (χ4n) is 3.01. The molecule has 0 aliphatic heterocycles. The average molecular weight is 332 g/mol. The van der Waals surface area contributed by atoms with Crippen molar-refractivity contribution in [1.82, 2.24) is 19.7 Å². The molecule has 0 spiro atoms. The van der Waals surface area contributed by atoms with Gasteiger partial charge in [-0.3, -0.25) is 9.48 Å². The highest BCUT2D eigenvalue weighted by Gasteiger charge is 2.31. The number of hydrogen-bond acceptors (Lipinski definition) is 6. The Morgan fingerprint density at radius 2 is 2.21 bits per heavy atom. The Morgan fingerprint density at radius 1 is 1.42 bits per heavy atom. The van der Waals surface area contributed by atoms with E-state index >= 15 is 0 Å². The Labute approximate surface area is 139 Å². The number of rotatable bonds is 5. The number of carbonyl (C=O) groups is 1. The summed E-state index contributed by atoms with van der Waals surface area (Å²) in [6.07, 6.45) is 4.91. The van der Waals surface area contributed by atoms with E-state index in [4.69, 9.17) is 9.84 Å². The molecule has 2 heterocycles. The third kappa shape index (κ3) is 3.09. The Hall–Kier alpha value is -2.48. The molecule has 0 radical (unpaired) electrons. The summed E-state index contributed by atoms with van der Waals surface area (Å²) >= 11 is 0. The van der Waals surface area contributed by atoms with Crippen LogP contribution in [0.25, 0.3) is 11.3 Å². The number of aliphatic carboxylic acids is 1. The molecule has 2 N–H and O–H groups in total. The van der Waals surface area contributed by atoms with E-state index in [1.807, 2.05) is 0 Å². The normalized spacial score (nSPS) is 20.3. The van der Waals surface area contributed by atoms with Crippen LogP contribution in [-0.2, 0) is 18.4 Å². The van der Waals surface area contributed by atoms with Gasteiger partial charge in [-0.1, -0.05) is 0 Å². The zero-order chi connectivity index (χ0) is 17.3. The molecule has 1 aliphatic carbocycles. The van der Waals surface area contributed by atoms with Crippen molar-refractivity contribution < 1.29 is 19.7 Å². The summed E-state index contributed by atoms with van der Waals surface area (Å²) in [5.74, 6) is -0.693. The number of aliphatic hydroxyl groups is 1. The molecule has 2 aromatic rings. The molecule has 0 saturated heterocycles. The molecule has 2 aromatic heterocycles. The second-order valence-corrected chi connectivity index (χ2v) is 6.02. The third-order valence-electron chi connectivity index (χ3n) is 4.40. The van der Waals surface area contributed by atoms with E-state index < -0.39 is 5.97 Å². The topological polar surface area (TPSA) is 110 Å². The zero-order valence-electron chi connectivity index (χ0n) is 13.6. The van der Waals surface area contributed by atoms with Gasteiger partial charge in [0.2, 0.25) is 5.88 Å². The highest BCUT2D eigenvalue weighted by atomic mass is 16.5. The number of hydrogen-bond donors (Lipinski definition) is 2. The number of aryl methyl sites for hydroxylation is 2. The van der Waals surface area contributed by atoms with E-state index in [2.05, 4.69) is 15.1 Å². The van der Waals surface area contributed by atoms with Gasteiger partial charge in [-0.2, -0.15) is 5.10 Å². The molecule has 0 amide bonds. The van der Waals surface area contributed by atoms with Crippen molar-refractivity contribution in [1.29, 1.82) is 0 Å². The zero-order valence-corrected chi connectivity index (χ0v) is 13.6. The molecule has 1 saturated carbocycles. The molecule has 8 nitrogen and oxygen atoms in total. The van der Waals surface area contributed by atoms with E-state index in [0.717, 1.165) is 5.56 Å². The molecule has 2 atom stereocenters. The van der Waals surface area contributed by atoms with Crippen LogP contribution >= 0.6 is 0 Å². The molecular formula is C16H20N4O4. The number of nitrogens with zero attached hydrogens (tertiary/aromatic N) is 4. The minimum Gasteiger partial charge on any atom is -0.481 e. The van der Waals surface area contributed by atoms with Gasteiger partial charge in [0.05, 0.1) is 36.3 Å².